The quantitative estimate of drug-likeness (QED) is 0.418. The molecule has 0 bridgehead atoms. The lowest BCUT2D eigenvalue weighted by atomic mass is 9.76. The van der Waals surface area contributed by atoms with E-state index in [1.54, 1.807) is 37.3 Å². The molecule has 0 aliphatic carbocycles. The number of halogens is 2. The summed E-state index contributed by atoms with van der Waals surface area (Å²) in [7, 11) is 1.97. The van der Waals surface area contributed by atoms with Crippen LogP contribution in [0.15, 0.2) is 53.1 Å². The summed E-state index contributed by atoms with van der Waals surface area (Å²) < 4.78 is 34.6. The molecule has 4 heterocycles. The van der Waals surface area contributed by atoms with Crippen LogP contribution in [0.3, 0.4) is 0 Å². The van der Waals surface area contributed by atoms with E-state index in [1.165, 1.54) is 11.0 Å². The molecule has 2 aliphatic heterocycles. The number of fused-ring (bicyclic) bond motifs is 3. The van der Waals surface area contributed by atoms with Gasteiger partial charge in [-0.2, -0.15) is 0 Å². The number of hydrogen-bond donors (Lipinski definition) is 1. The minimum Gasteiger partial charge on any atom is -0.461 e. The molecule has 1 saturated heterocycles. The number of rotatable bonds is 4. The molecule has 4 aromatic rings. The number of aromatic nitrogens is 2. The minimum atomic E-state index is -0.901. The highest BCUT2D eigenvalue weighted by Crippen LogP contribution is 2.44. The van der Waals surface area contributed by atoms with Gasteiger partial charge in [0, 0.05) is 17.7 Å². The summed E-state index contributed by atoms with van der Waals surface area (Å²) in [5.74, 6) is 0.0924. The third-order valence-corrected chi connectivity index (χ3v) is 7.55. The van der Waals surface area contributed by atoms with Gasteiger partial charge in [-0.15, -0.1) is 0 Å². The number of likely N-dealkylation sites (N-methyl/N-ethyl adjacent to an activating group) is 1. The number of aryl methyl sites for hydroxylation is 1. The number of carbonyl (C=O) groups is 1. The molecule has 1 amide bonds. The van der Waals surface area contributed by atoms with Crippen molar-refractivity contribution in [2.24, 2.45) is 0 Å². The van der Waals surface area contributed by atoms with E-state index in [0.717, 1.165) is 23.9 Å². The Morgan fingerprint density at radius 2 is 1.92 bits per heavy atom. The normalized spacial score (nSPS) is 20.6. The summed E-state index contributed by atoms with van der Waals surface area (Å²) in [4.78, 5) is 27.2. The van der Waals surface area contributed by atoms with Crippen molar-refractivity contribution in [1.29, 1.82) is 0 Å². The molecule has 1 unspecified atom stereocenters. The molecule has 2 atom stereocenters. The fraction of sp³-hybridized carbons (Fsp3) is 0.321. The first-order chi connectivity index (χ1) is 17.8. The SMILES string of the molecule is Cc1nc(N[C@H](C)c2cccc3c(F)coc23)c2c(n1)C1(CCN(C)C1)C(=O)N(c1ccccc1F)C2. The van der Waals surface area contributed by atoms with Gasteiger partial charge in [-0.05, 0) is 52.1 Å². The van der Waals surface area contributed by atoms with Gasteiger partial charge in [0.2, 0.25) is 5.91 Å². The van der Waals surface area contributed by atoms with Crippen molar-refractivity contribution < 1.29 is 18.0 Å². The second-order valence-corrected chi connectivity index (χ2v) is 10.0. The first-order valence-electron chi connectivity index (χ1n) is 12.3. The van der Waals surface area contributed by atoms with Gasteiger partial charge in [0.05, 0.1) is 29.4 Å². The van der Waals surface area contributed by atoms with Crippen LogP contribution in [0.2, 0.25) is 0 Å². The number of benzene rings is 2. The van der Waals surface area contributed by atoms with Crippen LogP contribution < -0.4 is 10.2 Å². The van der Waals surface area contributed by atoms with Gasteiger partial charge in [0.15, 0.2) is 5.82 Å². The van der Waals surface area contributed by atoms with Crippen molar-refractivity contribution in [2.45, 2.75) is 38.3 Å². The molecule has 1 N–H and O–H groups in total. The van der Waals surface area contributed by atoms with Crippen molar-refractivity contribution in [2.75, 3.05) is 30.4 Å². The summed E-state index contributed by atoms with van der Waals surface area (Å²) in [5.41, 5.74) is 2.04. The van der Waals surface area contributed by atoms with E-state index in [9.17, 15) is 13.6 Å². The molecule has 2 aromatic heterocycles. The maximum Gasteiger partial charge on any atom is 0.241 e. The first kappa shape index (κ1) is 23.5. The van der Waals surface area contributed by atoms with Crippen LogP contribution in [0.5, 0.6) is 0 Å². The molecular formula is C28H27F2N5O2. The maximum atomic E-state index is 14.9. The Morgan fingerprint density at radius 1 is 1.11 bits per heavy atom. The number of hydrogen-bond acceptors (Lipinski definition) is 6. The van der Waals surface area contributed by atoms with Crippen molar-refractivity contribution in [1.82, 2.24) is 14.9 Å². The van der Waals surface area contributed by atoms with E-state index in [2.05, 4.69) is 10.2 Å². The maximum absolute atomic E-state index is 14.9. The van der Waals surface area contributed by atoms with Gasteiger partial charge in [-0.3, -0.25) is 4.79 Å². The Labute approximate surface area is 213 Å². The topological polar surface area (TPSA) is 74.5 Å². The van der Waals surface area contributed by atoms with Crippen molar-refractivity contribution >= 4 is 28.4 Å². The van der Waals surface area contributed by atoms with Crippen molar-refractivity contribution in [3.8, 4) is 0 Å². The van der Waals surface area contributed by atoms with E-state index in [-0.39, 0.29) is 24.2 Å². The standard InChI is InChI=1S/C28H27F2N5O2/c1-16(18-7-6-8-19-22(30)14-37-24(18)19)31-26-20-13-35(23-10-5-4-9-21(23)29)27(36)28(11-12-34(3)15-28)25(20)32-17(2)33-26/h4-10,14,16H,11-13,15H2,1-3H3,(H,31,32,33)/t16-,28?/m1/s1. The molecule has 37 heavy (non-hydrogen) atoms. The van der Waals surface area contributed by atoms with Crippen LogP contribution in [0, 0.1) is 18.6 Å². The monoisotopic (exact) mass is 503 g/mol. The molecule has 2 aromatic carbocycles. The van der Waals surface area contributed by atoms with Crippen molar-refractivity contribution in [3.05, 3.63) is 83.0 Å². The zero-order chi connectivity index (χ0) is 25.9. The van der Waals surface area contributed by atoms with Crippen LogP contribution in [-0.2, 0) is 16.8 Å². The van der Waals surface area contributed by atoms with Gasteiger partial charge in [0.25, 0.3) is 0 Å². The minimum absolute atomic E-state index is 0.134. The van der Waals surface area contributed by atoms with Crippen LogP contribution in [0.1, 0.15) is 42.0 Å². The van der Waals surface area contributed by atoms with E-state index in [0.29, 0.717) is 41.3 Å². The highest BCUT2D eigenvalue weighted by Gasteiger charge is 2.53. The lowest BCUT2D eigenvalue weighted by Crippen LogP contribution is -2.53. The predicted octanol–water partition coefficient (Wildman–Crippen LogP) is 5.10. The number of nitrogens with zero attached hydrogens (tertiary/aromatic N) is 4. The fourth-order valence-electron chi connectivity index (χ4n) is 5.76. The Morgan fingerprint density at radius 3 is 2.68 bits per heavy atom. The Hall–Kier alpha value is -3.85. The number of likely N-dealkylation sites (tertiary alicyclic amines) is 1. The van der Waals surface area contributed by atoms with Crippen LogP contribution in [0.4, 0.5) is 20.3 Å². The molecule has 190 valence electrons. The molecule has 6 rings (SSSR count). The number of amides is 1. The second-order valence-electron chi connectivity index (χ2n) is 10.0. The smallest absolute Gasteiger partial charge is 0.241 e. The first-order valence-corrected chi connectivity index (χ1v) is 12.3. The van der Waals surface area contributed by atoms with Gasteiger partial charge >= 0.3 is 0 Å². The highest BCUT2D eigenvalue weighted by atomic mass is 19.1. The molecule has 1 spiro atoms. The third-order valence-electron chi connectivity index (χ3n) is 7.55. The Balaban J connectivity index is 1.48. The van der Waals surface area contributed by atoms with Gasteiger partial charge in [-0.1, -0.05) is 24.3 Å². The lowest BCUT2D eigenvalue weighted by Gasteiger charge is -2.41. The Bertz CT molecular complexity index is 1540. The zero-order valence-corrected chi connectivity index (χ0v) is 20.9. The number of furan rings is 1. The van der Waals surface area contributed by atoms with Gasteiger partial charge in [0.1, 0.15) is 34.7 Å². The molecule has 0 saturated carbocycles. The summed E-state index contributed by atoms with van der Waals surface area (Å²) in [6.07, 6.45) is 1.69. The van der Waals surface area contributed by atoms with Crippen LogP contribution in [-0.4, -0.2) is 40.9 Å². The molecule has 0 radical (unpaired) electrons. The summed E-state index contributed by atoms with van der Waals surface area (Å²) >= 11 is 0. The average molecular weight is 504 g/mol. The van der Waals surface area contributed by atoms with E-state index >= 15 is 0 Å². The van der Waals surface area contributed by atoms with E-state index in [1.807, 2.05) is 20.0 Å². The molecular weight excluding hydrogens is 476 g/mol. The number of carbonyl (C=O) groups excluding carboxylic acids is 1. The van der Waals surface area contributed by atoms with Crippen LogP contribution in [0.25, 0.3) is 11.0 Å². The fourth-order valence-corrected chi connectivity index (χ4v) is 5.76. The summed E-state index contributed by atoms with van der Waals surface area (Å²) in [6, 6.07) is 11.4. The number of anilines is 2. The Kier molecular flexibility index (Phi) is 5.49. The molecule has 1 fully saturated rings. The number of para-hydroxylation sites is 2. The molecule has 9 heteroatoms. The molecule has 7 nitrogen and oxygen atoms in total. The zero-order valence-electron chi connectivity index (χ0n) is 20.9. The van der Waals surface area contributed by atoms with E-state index in [4.69, 9.17) is 14.4 Å². The highest BCUT2D eigenvalue weighted by molar-refractivity contribution is 6.03. The van der Waals surface area contributed by atoms with Gasteiger partial charge in [-0.25, -0.2) is 18.7 Å². The van der Waals surface area contributed by atoms with E-state index < -0.39 is 17.0 Å². The number of nitrogens with one attached hydrogen (secondary N) is 1. The van der Waals surface area contributed by atoms with Crippen molar-refractivity contribution in [3.63, 3.8) is 0 Å². The second kappa shape index (κ2) is 8.62. The summed E-state index contributed by atoms with van der Waals surface area (Å²) in [6.45, 7) is 5.10. The molecule has 2 aliphatic rings. The van der Waals surface area contributed by atoms with Crippen LogP contribution >= 0.6 is 0 Å². The largest absolute Gasteiger partial charge is 0.461 e. The third kappa shape index (κ3) is 3.68. The summed E-state index contributed by atoms with van der Waals surface area (Å²) in [5, 5.41) is 3.88. The van der Waals surface area contributed by atoms with Gasteiger partial charge < -0.3 is 19.5 Å². The predicted molar refractivity (Wildman–Crippen MR) is 136 cm³/mol. The lowest BCUT2D eigenvalue weighted by molar-refractivity contribution is -0.124. The average Bonchev–Trinajstić information content (AvgIpc) is 3.46.